The Morgan fingerprint density at radius 1 is 1.33 bits per heavy atom. The lowest BCUT2D eigenvalue weighted by Crippen LogP contribution is -2.18. The van der Waals surface area contributed by atoms with Crippen LogP contribution in [0.3, 0.4) is 0 Å². The molecule has 1 amide bonds. The molecule has 1 aromatic carbocycles. The zero-order chi connectivity index (χ0) is 11.0. The Bertz CT molecular complexity index is 380. The lowest BCUT2D eigenvalue weighted by atomic mass is 10.1. The molecule has 0 aromatic heterocycles. The van der Waals surface area contributed by atoms with E-state index in [2.05, 4.69) is 11.4 Å². The number of nitrogens with one attached hydrogen (secondary N) is 1. The fraction of sp³-hybridized carbons (Fsp3) is 0.417. The monoisotopic (exact) mass is 204 g/mol. The van der Waals surface area contributed by atoms with Crippen LogP contribution in [0.15, 0.2) is 18.2 Å². The molecule has 0 spiro atoms. The molecular formula is C12H16N2O. The van der Waals surface area contributed by atoms with E-state index in [1.54, 1.807) is 0 Å². The van der Waals surface area contributed by atoms with Crippen LogP contribution in [0.2, 0.25) is 0 Å². The van der Waals surface area contributed by atoms with Crippen molar-refractivity contribution in [3.05, 3.63) is 29.3 Å². The van der Waals surface area contributed by atoms with E-state index < -0.39 is 0 Å². The maximum atomic E-state index is 11.6. The van der Waals surface area contributed by atoms with Gasteiger partial charge in [-0.3, -0.25) is 4.79 Å². The zero-order valence-corrected chi connectivity index (χ0v) is 9.08. The van der Waals surface area contributed by atoms with E-state index in [0.717, 1.165) is 23.2 Å². The first-order valence-electron chi connectivity index (χ1n) is 5.21. The Labute approximate surface area is 89.7 Å². The summed E-state index contributed by atoms with van der Waals surface area (Å²) >= 11 is 0. The number of carbonyl (C=O) groups excluding carboxylic acids is 1. The highest BCUT2D eigenvalue weighted by atomic mass is 16.2. The largest absolute Gasteiger partial charge is 0.327 e. The van der Waals surface area contributed by atoms with Gasteiger partial charge in [0.2, 0.25) is 5.91 Å². The highest BCUT2D eigenvalue weighted by Crippen LogP contribution is 2.29. The zero-order valence-electron chi connectivity index (χ0n) is 9.08. The van der Waals surface area contributed by atoms with Crippen molar-refractivity contribution < 1.29 is 4.79 Å². The molecule has 1 fully saturated rings. The number of hydrogen-bond acceptors (Lipinski definition) is 2. The van der Waals surface area contributed by atoms with Gasteiger partial charge in [0.25, 0.3) is 0 Å². The van der Waals surface area contributed by atoms with Gasteiger partial charge in [0.15, 0.2) is 0 Å². The van der Waals surface area contributed by atoms with Crippen LogP contribution in [-0.4, -0.2) is 11.9 Å². The first-order valence-corrected chi connectivity index (χ1v) is 5.21. The average molecular weight is 204 g/mol. The van der Waals surface area contributed by atoms with Crippen LogP contribution in [0.25, 0.3) is 0 Å². The minimum absolute atomic E-state index is 0.0193. The number of rotatable bonds is 2. The van der Waals surface area contributed by atoms with Gasteiger partial charge in [-0.05, 0) is 43.5 Å². The van der Waals surface area contributed by atoms with E-state index in [1.807, 2.05) is 26.0 Å². The Kier molecular flexibility index (Phi) is 2.49. The number of anilines is 1. The van der Waals surface area contributed by atoms with E-state index in [1.165, 1.54) is 0 Å². The molecular weight excluding hydrogens is 188 g/mol. The fourth-order valence-corrected chi connectivity index (χ4v) is 1.80. The van der Waals surface area contributed by atoms with Crippen molar-refractivity contribution in [1.82, 2.24) is 0 Å². The van der Waals surface area contributed by atoms with Gasteiger partial charge in [-0.1, -0.05) is 6.07 Å². The third-order valence-electron chi connectivity index (χ3n) is 2.67. The van der Waals surface area contributed by atoms with Crippen LogP contribution in [0, 0.1) is 19.8 Å². The van der Waals surface area contributed by atoms with Crippen molar-refractivity contribution in [2.45, 2.75) is 26.3 Å². The molecule has 15 heavy (non-hydrogen) atoms. The van der Waals surface area contributed by atoms with Crippen LogP contribution >= 0.6 is 0 Å². The van der Waals surface area contributed by atoms with Gasteiger partial charge >= 0.3 is 0 Å². The van der Waals surface area contributed by atoms with Gasteiger partial charge in [0.1, 0.15) is 0 Å². The molecule has 80 valence electrons. The summed E-state index contributed by atoms with van der Waals surface area (Å²) in [6, 6.07) is 6.09. The molecule has 0 saturated heterocycles. The minimum Gasteiger partial charge on any atom is -0.327 e. The molecule has 1 aliphatic rings. The molecule has 2 rings (SSSR count). The summed E-state index contributed by atoms with van der Waals surface area (Å²) in [5, 5.41) is 2.90. The molecule has 0 radical (unpaired) electrons. The predicted molar refractivity (Wildman–Crippen MR) is 60.6 cm³/mol. The molecule has 1 saturated carbocycles. The summed E-state index contributed by atoms with van der Waals surface area (Å²) in [5.41, 5.74) is 8.81. The second-order valence-corrected chi connectivity index (χ2v) is 4.37. The first kappa shape index (κ1) is 10.2. The van der Waals surface area contributed by atoms with Crippen LogP contribution < -0.4 is 11.1 Å². The maximum absolute atomic E-state index is 11.6. The molecule has 1 aliphatic carbocycles. The third kappa shape index (κ3) is 2.36. The molecule has 2 unspecified atom stereocenters. The summed E-state index contributed by atoms with van der Waals surface area (Å²) in [6.45, 7) is 4.04. The normalized spacial score (nSPS) is 23.7. The Morgan fingerprint density at radius 3 is 2.33 bits per heavy atom. The molecule has 3 nitrogen and oxygen atoms in total. The SMILES string of the molecule is Cc1cc(C)cc(NC(=O)C2CC2N)c1. The van der Waals surface area contributed by atoms with E-state index in [9.17, 15) is 4.79 Å². The minimum atomic E-state index is 0.0193. The second kappa shape index (κ2) is 3.66. The average Bonchev–Trinajstić information content (AvgIpc) is 2.80. The van der Waals surface area contributed by atoms with Gasteiger partial charge in [-0.15, -0.1) is 0 Å². The standard InChI is InChI=1S/C12H16N2O/c1-7-3-8(2)5-9(4-7)14-12(15)10-6-11(10)13/h3-5,10-11H,6,13H2,1-2H3,(H,14,15). The van der Waals surface area contributed by atoms with Gasteiger partial charge in [0.05, 0.1) is 5.92 Å². The molecule has 0 heterocycles. The summed E-state index contributed by atoms with van der Waals surface area (Å²) < 4.78 is 0. The lowest BCUT2D eigenvalue weighted by molar-refractivity contribution is -0.117. The second-order valence-electron chi connectivity index (χ2n) is 4.37. The molecule has 0 bridgehead atoms. The number of carbonyl (C=O) groups is 1. The number of nitrogens with two attached hydrogens (primary N) is 1. The predicted octanol–water partition coefficient (Wildman–Crippen LogP) is 1.59. The third-order valence-corrected chi connectivity index (χ3v) is 2.67. The summed E-state index contributed by atoms with van der Waals surface area (Å²) in [6.07, 6.45) is 0.816. The topological polar surface area (TPSA) is 55.1 Å². The smallest absolute Gasteiger partial charge is 0.229 e. The van der Waals surface area contributed by atoms with Gasteiger partial charge < -0.3 is 11.1 Å². The number of benzene rings is 1. The van der Waals surface area contributed by atoms with Crippen molar-refractivity contribution in [2.75, 3.05) is 5.32 Å². The Hall–Kier alpha value is -1.35. The molecule has 2 atom stereocenters. The molecule has 0 aliphatic heterocycles. The van der Waals surface area contributed by atoms with Crippen molar-refractivity contribution in [1.29, 1.82) is 0 Å². The molecule has 3 N–H and O–H groups in total. The van der Waals surface area contributed by atoms with Crippen molar-refractivity contribution in [3.8, 4) is 0 Å². The van der Waals surface area contributed by atoms with Crippen LogP contribution in [-0.2, 0) is 4.79 Å². The summed E-state index contributed by atoms with van der Waals surface area (Å²) in [7, 11) is 0. The summed E-state index contributed by atoms with van der Waals surface area (Å²) in [4.78, 5) is 11.6. The van der Waals surface area contributed by atoms with E-state index in [-0.39, 0.29) is 17.9 Å². The van der Waals surface area contributed by atoms with E-state index in [4.69, 9.17) is 5.73 Å². The quantitative estimate of drug-likeness (QED) is 0.768. The highest BCUT2D eigenvalue weighted by Gasteiger charge is 2.39. The van der Waals surface area contributed by atoms with E-state index in [0.29, 0.717) is 0 Å². The van der Waals surface area contributed by atoms with Gasteiger partial charge in [-0.25, -0.2) is 0 Å². The summed E-state index contributed by atoms with van der Waals surface area (Å²) in [5.74, 6) is 0.0679. The Balaban J connectivity index is 2.07. The van der Waals surface area contributed by atoms with E-state index >= 15 is 0 Å². The maximum Gasteiger partial charge on any atom is 0.229 e. The van der Waals surface area contributed by atoms with Crippen molar-refractivity contribution in [3.63, 3.8) is 0 Å². The van der Waals surface area contributed by atoms with Crippen molar-refractivity contribution in [2.24, 2.45) is 11.7 Å². The fourth-order valence-electron chi connectivity index (χ4n) is 1.80. The molecule has 1 aromatic rings. The number of aryl methyl sites for hydroxylation is 2. The Morgan fingerprint density at radius 2 is 1.87 bits per heavy atom. The van der Waals surface area contributed by atoms with Crippen molar-refractivity contribution >= 4 is 11.6 Å². The number of amides is 1. The number of hydrogen-bond donors (Lipinski definition) is 2. The van der Waals surface area contributed by atoms with Crippen LogP contribution in [0.4, 0.5) is 5.69 Å². The van der Waals surface area contributed by atoms with Crippen LogP contribution in [0.5, 0.6) is 0 Å². The highest BCUT2D eigenvalue weighted by molar-refractivity contribution is 5.95. The lowest BCUT2D eigenvalue weighted by Gasteiger charge is -2.06. The molecule has 3 heteroatoms. The first-order chi connectivity index (χ1) is 7.06. The van der Waals surface area contributed by atoms with Gasteiger partial charge in [0, 0.05) is 11.7 Å². The van der Waals surface area contributed by atoms with Crippen LogP contribution in [0.1, 0.15) is 17.5 Å². The van der Waals surface area contributed by atoms with Gasteiger partial charge in [-0.2, -0.15) is 0 Å².